The summed E-state index contributed by atoms with van der Waals surface area (Å²) in [5, 5.41) is 53.6. The molecule has 2 aliphatic rings. The summed E-state index contributed by atoms with van der Waals surface area (Å²) >= 11 is 0. The lowest BCUT2D eigenvalue weighted by atomic mass is 9.99. The fourth-order valence-corrected chi connectivity index (χ4v) is 5.30. The first-order valence-corrected chi connectivity index (χ1v) is 13.6. The number of piperazine rings is 1. The van der Waals surface area contributed by atoms with E-state index in [1.165, 1.54) is 11.8 Å². The van der Waals surface area contributed by atoms with Crippen LogP contribution in [0.2, 0.25) is 0 Å². The van der Waals surface area contributed by atoms with Gasteiger partial charge in [0.1, 0.15) is 36.1 Å². The van der Waals surface area contributed by atoms with Gasteiger partial charge in [0, 0.05) is 56.8 Å². The van der Waals surface area contributed by atoms with Gasteiger partial charge in [0.05, 0.1) is 0 Å². The Balaban J connectivity index is 1.29. The van der Waals surface area contributed by atoms with Gasteiger partial charge in [0.15, 0.2) is 6.29 Å². The van der Waals surface area contributed by atoms with E-state index in [4.69, 9.17) is 4.74 Å². The molecule has 2 aromatic carbocycles. The van der Waals surface area contributed by atoms with Crippen LogP contribution in [0.3, 0.4) is 0 Å². The molecule has 2 aliphatic heterocycles. The van der Waals surface area contributed by atoms with Crippen LogP contribution in [-0.4, -0.2) is 106 Å². The number of nitrogens with zero attached hydrogens (tertiary/aromatic N) is 4. The van der Waals surface area contributed by atoms with Crippen molar-refractivity contribution in [2.45, 2.75) is 30.7 Å². The molecule has 3 aromatic rings. The molecule has 0 bridgehead atoms. The molecule has 41 heavy (non-hydrogen) atoms. The normalized spacial score (nSPS) is 25.7. The second kappa shape index (κ2) is 12.0. The number of carbonyl (C=O) groups is 1. The van der Waals surface area contributed by atoms with Crippen LogP contribution in [0.1, 0.15) is 5.69 Å². The maximum Gasteiger partial charge on any atom is 0.262 e. The van der Waals surface area contributed by atoms with Gasteiger partial charge in [0.2, 0.25) is 0 Å². The molecule has 3 heterocycles. The second-order valence-electron chi connectivity index (χ2n) is 10.7. The number of anilines is 1. The van der Waals surface area contributed by atoms with Crippen LogP contribution < -0.4 is 10.2 Å². The van der Waals surface area contributed by atoms with Crippen LogP contribution in [0.15, 0.2) is 54.1 Å². The second-order valence-corrected chi connectivity index (χ2v) is 10.7. The zero-order valence-electron chi connectivity index (χ0n) is 23.0. The van der Waals surface area contributed by atoms with Crippen LogP contribution in [0.5, 0.6) is 0 Å². The van der Waals surface area contributed by atoms with Crippen LogP contribution in [0.25, 0.3) is 28.1 Å². The number of amides is 1. The summed E-state index contributed by atoms with van der Waals surface area (Å²) in [5.74, 6) is -0.706. The minimum atomic E-state index is -1.71. The number of nitrogens with one attached hydrogen (secondary N) is 1. The number of rotatable bonds is 6. The molecule has 0 saturated carbocycles. The highest BCUT2D eigenvalue weighted by Crippen LogP contribution is 2.29. The van der Waals surface area contributed by atoms with Crippen molar-refractivity contribution < 1.29 is 30.0 Å². The van der Waals surface area contributed by atoms with E-state index < -0.39 is 36.6 Å². The molecule has 5 atom stereocenters. The predicted molar refractivity (Wildman–Crippen MR) is 154 cm³/mol. The monoisotopic (exact) mass is 561 g/mol. The van der Waals surface area contributed by atoms with Gasteiger partial charge in [-0.25, -0.2) is 0 Å². The van der Waals surface area contributed by atoms with Gasteiger partial charge < -0.3 is 44.8 Å². The van der Waals surface area contributed by atoms with Crippen LogP contribution in [0.4, 0.5) is 5.69 Å². The van der Waals surface area contributed by atoms with E-state index in [1.807, 2.05) is 29.8 Å². The average Bonchev–Trinajstić information content (AvgIpc) is 3.35. The van der Waals surface area contributed by atoms with Gasteiger partial charge in [-0.1, -0.05) is 18.2 Å². The first kappa shape index (κ1) is 28.8. The molecule has 11 heteroatoms. The van der Waals surface area contributed by atoms with E-state index in [2.05, 4.69) is 58.6 Å². The van der Waals surface area contributed by atoms with Crippen molar-refractivity contribution in [3.8, 4) is 17.3 Å². The van der Waals surface area contributed by atoms with Crippen LogP contribution in [-0.2, 0) is 16.6 Å². The Morgan fingerprint density at radius 1 is 0.976 bits per heavy atom. The molecule has 2 saturated heterocycles. The number of benzene rings is 2. The van der Waals surface area contributed by atoms with Crippen molar-refractivity contribution in [1.29, 1.82) is 5.26 Å². The summed E-state index contributed by atoms with van der Waals surface area (Å²) in [4.78, 5) is 17.5. The van der Waals surface area contributed by atoms with Gasteiger partial charge in [-0.2, -0.15) is 5.26 Å². The van der Waals surface area contributed by atoms with Gasteiger partial charge in [0.25, 0.3) is 5.91 Å². The molecule has 11 nitrogen and oxygen atoms in total. The molecule has 0 radical (unpaired) electrons. The van der Waals surface area contributed by atoms with E-state index >= 15 is 0 Å². The molecule has 0 spiro atoms. The molecule has 1 amide bonds. The lowest BCUT2D eigenvalue weighted by molar-refractivity contribution is -0.280. The average molecular weight is 562 g/mol. The van der Waals surface area contributed by atoms with Gasteiger partial charge in [-0.3, -0.25) is 4.79 Å². The molecule has 216 valence electrons. The topological polar surface area (TPSA) is 154 Å². The van der Waals surface area contributed by atoms with Crippen molar-refractivity contribution >= 4 is 28.4 Å². The Hall–Kier alpha value is -3.76. The fourth-order valence-electron chi connectivity index (χ4n) is 5.30. The third kappa shape index (κ3) is 5.99. The summed E-state index contributed by atoms with van der Waals surface area (Å²) < 4.78 is 6.97. The molecule has 5 N–H and O–H groups in total. The zero-order chi connectivity index (χ0) is 29.3. The number of aromatic nitrogens is 1. The van der Waals surface area contributed by atoms with Gasteiger partial charge >= 0.3 is 0 Å². The first-order valence-electron chi connectivity index (χ1n) is 13.6. The molecule has 0 aliphatic carbocycles. The SMILES string of the molecule is CN1CCN(c2ccc3cc(-c4ccc(/C=C(\C#N)C(=O)NC[C@H]5OC(O)[C@H](O)[C@@H](O)[C@@H]5O)n4C)ccc3c2)CC1. The Bertz CT molecular complexity index is 1490. The summed E-state index contributed by atoms with van der Waals surface area (Å²) in [6, 6.07) is 18.5. The third-order valence-electron chi connectivity index (χ3n) is 7.96. The molecular weight excluding hydrogens is 526 g/mol. The number of aliphatic hydroxyl groups is 4. The maximum atomic E-state index is 12.7. The highest BCUT2D eigenvalue weighted by atomic mass is 16.6. The van der Waals surface area contributed by atoms with Crippen molar-refractivity contribution in [3.05, 3.63) is 59.8 Å². The summed E-state index contributed by atoms with van der Waals surface area (Å²) in [6.07, 6.45) is -6.24. The number of fused-ring (bicyclic) bond motifs is 1. The van der Waals surface area contributed by atoms with Crippen LogP contribution in [0, 0.1) is 11.3 Å². The summed E-state index contributed by atoms with van der Waals surface area (Å²) in [7, 11) is 4.00. The Kier molecular flexibility index (Phi) is 8.42. The fraction of sp³-hybridized carbons (Fsp3) is 0.400. The molecular formula is C30H35N5O6. The number of hydrogen-bond donors (Lipinski definition) is 5. The minimum Gasteiger partial charge on any atom is -0.388 e. The number of likely N-dealkylation sites (N-methyl/N-ethyl adjacent to an activating group) is 1. The predicted octanol–water partition coefficient (Wildman–Crippen LogP) is 0.420. The minimum absolute atomic E-state index is 0.167. The number of ether oxygens (including phenoxy) is 1. The molecule has 1 aromatic heterocycles. The van der Waals surface area contributed by atoms with E-state index in [-0.39, 0.29) is 12.1 Å². The van der Waals surface area contributed by atoms with Crippen molar-refractivity contribution in [1.82, 2.24) is 14.8 Å². The Labute approximate surface area is 238 Å². The van der Waals surface area contributed by atoms with Crippen molar-refractivity contribution in [2.24, 2.45) is 7.05 Å². The van der Waals surface area contributed by atoms with E-state index in [1.54, 1.807) is 0 Å². The molecule has 2 fully saturated rings. The quantitative estimate of drug-likeness (QED) is 0.213. The van der Waals surface area contributed by atoms with Crippen LogP contribution >= 0.6 is 0 Å². The van der Waals surface area contributed by atoms with E-state index in [9.17, 15) is 30.5 Å². The van der Waals surface area contributed by atoms with E-state index in [0.717, 1.165) is 48.2 Å². The smallest absolute Gasteiger partial charge is 0.262 e. The molecule has 5 rings (SSSR count). The molecule has 1 unspecified atom stereocenters. The van der Waals surface area contributed by atoms with E-state index in [0.29, 0.717) is 5.69 Å². The lowest BCUT2D eigenvalue weighted by Gasteiger charge is -2.38. The largest absolute Gasteiger partial charge is 0.388 e. The highest BCUT2D eigenvalue weighted by molar-refractivity contribution is 6.01. The summed E-state index contributed by atoms with van der Waals surface area (Å²) in [6.45, 7) is 3.83. The number of aliphatic hydroxyl groups excluding tert-OH is 4. The standard InChI is InChI=1S/C30H35N5O6/c1-33-9-11-35(12-10-33)23-6-5-18-13-20(4-3-19(18)14-23)24-8-7-22(34(24)2)15-21(16-31)29(39)32-17-25-26(36)27(37)28(38)30(40)41-25/h3-8,13-15,25-28,30,36-38,40H,9-12,17H2,1-2H3,(H,32,39)/b21-15+/t25-,26-,27+,28-,30?/m1/s1. The third-order valence-corrected chi connectivity index (χ3v) is 7.96. The van der Waals surface area contributed by atoms with Crippen molar-refractivity contribution in [3.63, 3.8) is 0 Å². The van der Waals surface area contributed by atoms with Gasteiger partial charge in [-0.05, 0) is 59.8 Å². The summed E-state index contributed by atoms with van der Waals surface area (Å²) in [5.41, 5.74) is 3.61. The number of hydrogen-bond acceptors (Lipinski definition) is 9. The number of nitriles is 1. The lowest BCUT2D eigenvalue weighted by Crippen LogP contribution is -2.60. The highest BCUT2D eigenvalue weighted by Gasteiger charge is 2.43. The maximum absolute atomic E-state index is 12.7. The zero-order valence-corrected chi connectivity index (χ0v) is 23.0. The first-order chi connectivity index (χ1) is 19.7. The Morgan fingerprint density at radius 3 is 2.41 bits per heavy atom. The van der Waals surface area contributed by atoms with Gasteiger partial charge in [-0.15, -0.1) is 0 Å². The number of carbonyl (C=O) groups excluding carboxylic acids is 1. The Morgan fingerprint density at radius 2 is 1.68 bits per heavy atom. The van der Waals surface area contributed by atoms with Crippen molar-refractivity contribution in [2.75, 3.05) is 44.7 Å².